The SMILES string of the molecule is C=C(C(Cc1c[nH]c2ccccc12)Nc1ccc(Nc2ccncc2)cc1)N1CCN(CCOCCO)CC1. The molecule has 0 spiro atoms. The number of aliphatic hydroxyl groups excluding tert-OH is 1. The van der Waals surface area contributed by atoms with Gasteiger partial charge in [-0.25, -0.2) is 0 Å². The number of aromatic amines is 1. The highest BCUT2D eigenvalue weighted by atomic mass is 16.5. The lowest BCUT2D eigenvalue weighted by molar-refractivity contribution is 0.0616. The van der Waals surface area contributed by atoms with Gasteiger partial charge in [0.15, 0.2) is 0 Å². The van der Waals surface area contributed by atoms with Crippen LogP contribution in [0.3, 0.4) is 0 Å². The number of fused-ring (bicyclic) bond motifs is 1. The molecule has 1 fully saturated rings. The quantitative estimate of drug-likeness (QED) is 0.191. The molecule has 8 heteroatoms. The average molecular weight is 527 g/mol. The summed E-state index contributed by atoms with van der Waals surface area (Å²) in [7, 11) is 0. The van der Waals surface area contributed by atoms with E-state index in [2.05, 4.69) is 91.7 Å². The van der Waals surface area contributed by atoms with E-state index in [-0.39, 0.29) is 12.6 Å². The van der Waals surface area contributed by atoms with Crippen LogP contribution in [-0.4, -0.2) is 83.5 Å². The Labute approximate surface area is 230 Å². The Balaban J connectivity index is 1.27. The number of H-pyrrole nitrogens is 1. The number of piperazine rings is 1. The summed E-state index contributed by atoms with van der Waals surface area (Å²) in [5, 5.41) is 17.4. The molecular weight excluding hydrogens is 488 g/mol. The van der Waals surface area contributed by atoms with E-state index < -0.39 is 0 Å². The molecule has 3 heterocycles. The van der Waals surface area contributed by atoms with Crippen molar-refractivity contribution in [3.05, 3.63) is 97.1 Å². The van der Waals surface area contributed by atoms with Crippen molar-refractivity contribution in [2.24, 2.45) is 0 Å². The average Bonchev–Trinajstić information content (AvgIpc) is 3.39. The second-order valence-corrected chi connectivity index (χ2v) is 9.85. The molecule has 0 amide bonds. The van der Waals surface area contributed by atoms with Crippen molar-refractivity contribution >= 4 is 28.0 Å². The lowest BCUT2D eigenvalue weighted by Gasteiger charge is -2.39. The van der Waals surface area contributed by atoms with Crippen LogP contribution in [0.2, 0.25) is 0 Å². The molecule has 5 rings (SSSR count). The molecule has 2 aromatic carbocycles. The zero-order valence-electron chi connectivity index (χ0n) is 22.4. The molecule has 0 radical (unpaired) electrons. The number of benzene rings is 2. The van der Waals surface area contributed by atoms with Gasteiger partial charge in [-0.05, 0) is 48.0 Å². The maximum absolute atomic E-state index is 8.91. The number of hydrogen-bond acceptors (Lipinski definition) is 7. The van der Waals surface area contributed by atoms with Crippen molar-refractivity contribution in [1.82, 2.24) is 19.8 Å². The Hall–Kier alpha value is -3.85. The fraction of sp³-hybridized carbons (Fsp3) is 0.323. The smallest absolute Gasteiger partial charge is 0.0698 e. The monoisotopic (exact) mass is 526 g/mol. The van der Waals surface area contributed by atoms with Gasteiger partial charge in [-0.15, -0.1) is 0 Å². The lowest BCUT2D eigenvalue weighted by atomic mass is 10.0. The van der Waals surface area contributed by atoms with Gasteiger partial charge in [0.25, 0.3) is 0 Å². The third-order valence-electron chi connectivity index (χ3n) is 7.26. The molecule has 4 N–H and O–H groups in total. The summed E-state index contributed by atoms with van der Waals surface area (Å²) >= 11 is 0. The minimum atomic E-state index is 0.0441. The fourth-order valence-electron chi connectivity index (χ4n) is 5.06. The molecule has 0 saturated carbocycles. The molecule has 8 nitrogen and oxygen atoms in total. The molecule has 0 bridgehead atoms. The summed E-state index contributed by atoms with van der Waals surface area (Å²) in [5.74, 6) is 0. The first kappa shape index (κ1) is 26.7. The topological polar surface area (TPSA) is 88.7 Å². The summed E-state index contributed by atoms with van der Waals surface area (Å²) < 4.78 is 5.46. The van der Waals surface area contributed by atoms with E-state index in [0.717, 1.165) is 67.4 Å². The van der Waals surface area contributed by atoms with Gasteiger partial charge in [-0.3, -0.25) is 9.88 Å². The first-order valence-electron chi connectivity index (χ1n) is 13.6. The minimum absolute atomic E-state index is 0.0441. The molecule has 1 aliphatic rings. The van der Waals surface area contributed by atoms with E-state index in [9.17, 15) is 0 Å². The highest BCUT2D eigenvalue weighted by molar-refractivity contribution is 5.83. The Morgan fingerprint density at radius 1 is 0.949 bits per heavy atom. The summed E-state index contributed by atoms with van der Waals surface area (Å²) in [6.45, 7) is 10.4. The van der Waals surface area contributed by atoms with E-state index in [1.165, 1.54) is 10.9 Å². The highest BCUT2D eigenvalue weighted by Crippen LogP contribution is 2.26. The van der Waals surface area contributed by atoms with Crippen molar-refractivity contribution in [3.63, 3.8) is 0 Å². The number of ether oxygens (including phenoxy) is 1. The number of hydrogen-bond donors (Lipinski definition) is 4. The Morgan fingerprint density at radius 3 is 2.44 bits per heavy atom. The first-order chi connectivity index (χ1) is 19.2. The predicted molar refractivity (Wildman–Crippen MR) is 158 cm³/mol. The van der Waals surface area contributed by atoms with Gasteiger partial charge in [0.05, 0.1) is 25.9 Å². The van der Waals surface area contributed by atoms with Gasteiger partial charge in [-0.1, -0.05) is 24.8 Å². The lowest BCUT2D eigenvalue weighted by Crippen LogP contribution is -2.49. The molecule has 4 aromatic rings. The van der Waals surface area contributed by atoms with Crippen LogP contribution in [0.5, 0.6) is 0 Å². The number of para-hydroxylation sites is 1. The van der Waals surface area contributed by atoms with Crippen LogP contribution in [0.25, 0.3) is 10.9 Å². The van der Waals surface area contributed by atoms with Gasteiger partial charge in [0.2, 0.25) is 0 Å². The van der Waals surface area contributed by atoms with Crippen LogP contribution in [0.1, 0.15) is 5.56 Å². The number of aromatic nitrogens is 2. The summed E-state index contributed by atoms with van der Waals surface area (Å²) in [5.41, 5.74) is 6.63. The van der Waals surface area contributed by atoms with Gasteiger partial charge in [-0.2, -0.15) is 0 Å². The van der Waals surface area contributed by atoms with E-state index in [1.54, 1.807) is 12.4 Å². The molecule has 1 unspecified atom stereocenters. The van der Waals surface area contributed by atoms with Gasteiger partial charge in [0, 0.05) is 91.4 Å². The molecule has 1 saturated heterocycles. The summed E-state index contributed by atoms with van der Waals surface area (Å²) in [4.78, 5) is 12.3. The van der Waals surface area contributed by atoms with Crippen LogP contribution in [-0.2, 0) is 11.2 Å². The summed E-state index contributed by atoms with van der Waals surface area (Å²) in [6, 6.07) is 20.8. The van der Waals surface area contributed by atoms with Crippen molar-refractivity contribution in [2.75, 3.05) is 63.2 Å². The van der Waals surface area contributed by atoms with Crippen molar-refractivity contribution in [2.45, 2.75) is 12.5 Å². The van der Waals surface area contributed by atoms with Gasteiger partial charge >= 0.3 is 0 Å². The molecular formula is C31H38N6O2. The maximum atomic E-state index is 8.91. The second kappa shape index (κ2) is 13.3. The van der Waals surface area contributed by atoms with E-state index in [0.29, 0.717) is 13.2 Å². The number of pyridine rings is 1. The van der Waals surface area contributed by atoms with E-state index in [1.807, 2.05) is 12.1 Å². The van der Waals surface area contributed by atoms with Crippen LogP contribution < -0.4 is 10.6 Å². The third-order valence-corrected chi connectivity index (χ3v) is 7.26. The Bertz CT molecular complexity index is 1320. The standard InChI is InChI=1S/C31H38N6O2/c1-24(37-16-14-36(15-17-37)18-20-39-21-19-38)31(22-25-23-33-30-5-3-2-4-29(25)30)35-27-8-6-26(7-9-27)34-28-10-12-32-13-11-28/h2-13,23,31,33,35,38H,1,14-22H2,(H,32,34). The largest absolute Gasteiger partial charge is 0.394 e. The fourth-order valence-corrected chi connectivity index (χ4v) is 5.06. The second-order valence-electron chi connectivity index (χ2n) is 9.85. The van der Waals surface area contributed by atoms with Gasteiger partial charge < -0.3 is 30.4 Å². The van der Waals surface area contributed by atoms with Crippen molar-refractivity contribution < 1.29 is 9.84 Å². The number of nitrogens with one attached hydrogen (secondary N) is 3. The Kier molecular flexibility index (Phi) is 9.11. The number of anilines is 3. The van der Waals surface area contributed by atoms with Crippen molar-refractivity contribution in [3.8, 4) is 0 Å². The molecule has 1 atom stereocenters. The molecule has 39 heavy (non-hydrogen) atoms. The molecule has 204 valence electrons. The highest BCUT2D eigenvalue weighted by Gasteiger charge is 2.24. The normalized spacial score (nSPS) is 14.8. The molecule has 1 aliphatic heterocycles. The van der Waals surface area contributed by atoms with Crippen LogP contribution in [0.15, 0.2) is 91.5 Å². The Morgan fingerprint density at radius 2 is 1.67 bits per heavy atom. The number of rotatable bonds is 13. The van der Waals surface area contributed by atoms with E-state index >= 15 is 0 Å². The van der Waals surface area contributed by atoms with Crippen LogP contribution in [0.4, 0.5) is 17.1 Å². The molecule has 0 aliphatic carbocycles. The first-order valence-corrected chi connectivity index (χ1v) is 13.6. The van der Waals surface area contributed by atoms with Crippen LogP contribution in [0, 0.1) is 0 Å². The van der Waals surface area contributed by atoms with E-state index in [4.69, 9.17) is 9.84 Å². The minimum Gasteiger partial charge on any atom is -0.394 e. The maximum Gasteiger partial charge on any atom is 0.0698 e. The zero-order chi connectivity index (χ0) is 26.9. The number of nitrogens with zero attached hydrogens (tertiary/aromatic N) is 3. The van der Waals surface area contributed by atoms with Gasteiger partial charge in [0.1, 0.15) is 0 Å². The third kappa shape index (κ3) is 7.17. The molecule has 2 aromatic heterocycles. The van der Waals surface area contributed by atoms with Crippen molar-refractivity contribution in [1.29, 1.82) is 0 Å². The van der Waals surface area contributed by atoms with Crippen LogP contribution >= 0.6 is 0 Å². The number of aliphatic hydroxyl groups is 1. The predicted octanol–water partition coefficient (Wildman–Crippen LogP) is 4.47. The zero-order valence-corrected chi connectivity index (χ0v) is 22.4. The summed E-state index contributed by atoms with van der Waals surface area (Å²) in [6.07, 6.45) is 6.52.